The Morgan fingerprint density at radius 2 is 1.92 bits per heavy atom. The molecular weight excluding hydrogens is 152 g/mol. The number of hydrogen-bond donors (Lipinski definition) is 2. The fourth-order valence-corrected chi connectivity index (χ4v) is 2.01. The highest BCUT2D eigenvalue weighted by molar-refractivity contribution is 5.35. The number of allylic oxidation sites excluding steroid dienone is 2. The maximum Gasteiger partial charge on any atom is 0.105 e. The smallest absolute Gasteiger partial charge is 0.105 e. The number of hydrogen-bond acceptors (Lipinski definition) is 2. The Morgan fingerprint density at radius 3 is 2.75 bits per heavy atom. The molecule has 2 heteroatoms. The Labute approximate surface area is 72.2 Å². The Morgan fingerprint density at radius 1 is 1.17 bits per heavy atom. The van der Waals surface area contributed by atoms with Gasteiger partial charge in [0.05, 0.1) is 0 Å². The maximum atomic E-state index is 9.61. The van der Waals surface area contributed by atoms with Crippen LogP contribution in [0.4, 0.5) is 0 Å². The van der Waals surface area contributed by atoms with E-state index < -0.39 is 12.2 Å². The van der Waals surface area contributed by atoms with Gasteiger partial charge >= 0.3 is 0 Å². The summed E-state index contributed by atoms with van der Waals surface area (Å²) in [6, 6.07) is 0. The van der Waals surface area contributed by atoms with E-state index in [1.165, 1.54) is 12.0 Å². The molecule has 2 aliphatic rings. The minimum Gasteiger partial charge on any atom is -0.386 e. The molecule has 2 nitrogen and oxygen atoms in total. The summed E-state index contributed by atoms with van der Waals surface area (Å²) in [4.78, 5) is 0. The number of aliphatic hydroxyl groups excluding tert-OH is 2. The zero-order valence-electron chi connectivity index (χ0n) is 7.03. The maximum absolute atomic E-state index is 9.61. The third kappa shape index (κ3) is 1.21. The van der Waals surface area contributed by atoms with Crippen LogP contribution in [0.2, 0.25) is 0 Å². The van der Waals surface area contributed by atoms with Crippen molar-refractivity contribution in [1.82, 2.24) is 0 Å². The van der Waals surface area contributed by atoms with Gasteiger partial charge in [-0.25, -0.2) is 0 Å². The molecule has 0 radical (unpaired) electrons. The van der Waals surface area contributed by atoms with E-state index in [2.05, 4.69) is 0 Å². The first-order valence-corrected chi connectivity index (χ1v) is 4.55. The van der Waals surface area contributed by atoms with E-state index in [0.717, 1.165) is 24.8 Å². The van der Waals surface area contributed by atoms with Gasteiger partial charge in [-0.3, -0.25) is 0 Å². The highest BCUT2D eigenvalue weighted by Gasteiger charge is 2.25. The summed E-state index contributed by atoms with van der Waals surface area (Å²) in [6.07, 6.45) is 6.73. The van der Waals surface area contributed by atoms with Crippen molar-refractivity contribution in [1.29, 1.82) is 0 Å². The van der Waals surface area contributed by atoms with E-state index >= 15 is 0 Å². The Kier molecular flexibility index (Phi) is 2.03. The van der Waals surface area contributed by atoms with Crippen molar-refractivity contribution in [3.8, 4) is 0 Å². The highest BCUT2D eigenvalue weighted by atomic mass is 16.3. The molecule has 0 spiro atoms. The minimum absolute atomic E-state index is 0.634. The molecule has 2 rings (SSSR count). The van der Waals surface area contributed by atoms with Gasteiger partial charge in [0.2, 0.25) is 0 Å². The van der Waals surface area contributed by atoms with Crippen LogP contribution in [0.5, 0.6) is 0 Å². The molecule has 12 heavy (non-hydrogen) atoms. The predicted molar refractivity (Wildman–Crippen MR) is 46.6 cm³/mol. The molecule has 0 aromatic rings. The Balaban J connectivity index is 2.28. The zero-order valence-corrected chi connectivity index (χ0v) is 7.03. The summed E-state index contributed by atoms with van der Waals surface area (Å²) in [5.74, 6) is 0. The molecular formula is C10H14O2. The average molecular weight is 166 g/mol. The third-order valence-electron chi connectivity index (χ3n) is 2.73. The van der Waals surface area contributed by atoms with Crippen LogP contribution in [0.3, 0.4) is 0 Å². The summed E-state index contributed by atoms with van der Waals surface area (Å²) >= 11 is 0. The summed E-state index contributed by atoms with van der Waals surface area (Å²) in [5.41, 5.74) is 2.32. The first-order valence-electron chi connectivity index (χ1n) is 4.55. The van der Waals surface area contributed by atoms with E-state index in [0.29, 0.717) is 0 Å². The van der Waals surface area contributed by atoms with E-state index in [9.17, 15) is 10.2 Å². The minimum atomic E-state index is -0.679. The molecule has 66 valence electrons. The van der Waals surface area contributed by atoms with Crippen LogP contribution in [0.25, 0.3) is 0 Å². The van der Waals surface area contributed by atoms with Crippen molar-refractivity contribution in [2.24, 2.45) is 0 Å². The van der Waals surface area contributed by atoms with Gasteiger partial charge in [-0.05, 0) is 36.8 Å². The van der Waals surface area contributed by atoms with Gasteiger partial charge in [0.25, 0.3) is 0 Å². The molecule has 2 atom stereocenters. The molecule has 2 aliphatic carbocycles. The van der Waals surface area contributed by atoms with Crippen LogP contribution in [-0.2, 0) is 0 Å². The molecule has 0 aromatic carbocycles. The highest BCUT2D eigenvalue weighted by Crippen LogP contribution is 2.31. The van der Waals surface area contributed by atoms with Crippen molar-refractivity contribution in [3.05, 3.63) is 23.3 Å². The van der Waals surface area contributed by atoms with Crippen LogP contribution in [0.1, 0.15) is 25.7 Å². The normalized spacial score (nSPS) is 35.2. The second kappa shape index (κ2) is 3.04. The second-order valence-corrected chi connectivity index (χ2v) is 3.55. The summed E-state index contributed by atoms with van der Waals surface area (Å²) in [6.45, 7) is 0. The van der Waals surface area contributed by atoms with Crippen LogP contribution in [0.15, 0.2) is 23.3 Å². The van der Waals surface area contributed by atoms with Crippen molar-refractivity contribution in [2.75, 3.05) is 0 Å². The number of rotatable bonds is 0. The van der Waals surface area contributed by atoms with Crippen LogP contribution in [0, 0.1) is 0 Å². The second-order valence-electron chi connectivity index (χ2n) is 3.55. The predicted octanol–water partition coefficient (Wildman–Crippen LogP) is 1.15. The first-order chi connectivity index (χ1) is 5.79. The van der Waals surface area contributed by atoms with E-state index in [1.54, 1.807) is 6.08 Å². The summed E-state index contributed by atoms with van der Waals surface area (Å²) < 4.78 is 0. The molecule has 0 unspecified atom stereocenters. The lowest BCUT2D eigenvalue weighted by Crippen LogP contribution is -2.30. The SMILES string of the molecule is O[C@@H]1C2=C(C=C[C@@H]1O)CCCC2. The van der Waals surface area contributed by atoms with Gasteiger partial charge < -0.3 is 10.2 Å². The molecule has 0 bridgehead atoms. The van der Waals surface area contributed by atoms with Crippen molar-refractivity contribution in [3.63, 3.8) is 0 Å². The van der Waals surface area contributed by atoms with Crippen molar-refractivity contribution in [2.45, 2.75) is 37.9 Å². The van der Waals surface area contributed by atoms with Crippen LogP contribution >= 0.6 is 0 Å². The standard InChI is InChI=1S/C10H14O2/c11-9-6-5-7-3-1-2-4-8(7)10(9)12/h5-6,9-12H,1-4H2/t9-,10+/m0/s1. The summed E-state index contributed by atoms with van der Waals surface area (Å²) in [7, 11) is 0. The lowest BCUT2D eigenvalue weighted by atomic mass is 9.83. The third-order valence-corrected chi connectivity index (χ3v) is 2.73. The first kappa shape index (κ1) is 8.02. The van der Waals surface area contributed by atoms with Crippen LogP contribution in [-0.4, -0.2) is 22.4 Å². The molecule has 0 amide bonds. The molecule has 0 fully saturated rings. The van der Waals surface area contributed by atoms with Crippen molar-refractivity contribution >= 4 is 0 Å². The Bertz CT molecular complexity index is 240. The van der Waals surface area contributed by atoms with Gasteiger partial charge in [0.15, 0.2) is 0 Å². The summed E-state index contributed by atoms with van der Waals surface area (Å²) in [5, 5.41) is 19.0. The van der Waals surface area contributed by atoms with Gasteiger partial charge in [-0.15, -0.1) is 0 Å². The molecule has 0 saturated carbocycles. The van der Waals surface area contributed by atoms with Crippen LogP contribution < -0.4 is 0 Å². The molecule has 0 aliphatic heterocycles. The molecule has 0 aromatic heterocycles. The van der Waals surface area contributed by atoms with E-state index in [-0.39, 0.29) is 0 Å². The van der Waals surface area contributed by atoms with Crippen molar-refractivity contribution < 1.29 is 10.2 Å². The quantitative estimate of drug-likeness (QED) is 0.566. The molecule has 0 heterocycles. The lowest BCUT2D eigenvalue weighted by molar-refractivity contribution is 0.0670. The zero-order chi connectivity index (χ0) is 8.55. The number of aliphatic hydroxyl groups is 2. The molecule has 0 saturated heterocycles. The average Bonchev–Trinajstić information content (AvgIpc) is 2.12. The van der Waals surface area contributed by atoms with E-state index in [4.69, 9.17) is 0 Å². The fraction of sp³-hybridized carbons (Fsp3) is 0.600. The topological polar surface area (TPSA) is 40.5 Å². The van der Waals surface area contributed by atoms with Gasteiger partial charge in [-0.1, -0.05) is 12.2 Å². The van der Waals surface area contributed by atoms with Gasteiger partial charge in [0.1, 0.15) is 12.2 Å². The lowest BCUT2D eigenvalue weighted by Gasteiger charge is -2.28. The molecule has 2 N–H and O–H groups in total. The Hall–Kier alpha value is -0.600. The fourth-order valence-electron chi connectivity index (χ4n) is 2.01. The van der Waals surface area contributed by atoms with Gasteiger partial charge in [0, 0.05) is 0 Å². The van der Waals surface area contributed by atoms with Gasteiger partial charge in [-0.2, -0.15) is 0 Å². The van der Waals surface area contributed by atoms with E-state index in [1.807, 2.05) is 6.08 Å². The largest absolute Gasteiger partial charge is 0.386 e. The monoisotopic (exact) mass is 166 g/mol.